The Hall–Kier alpha value is -1.09. The van der Waals surface area contributed by atoms with Crippen molar-refractivity contribution in [3.63, 3.8) is 0 Å². The zero-order valence-corrected chi connectivity index (χ0v) is 10.2. The topological polar surface area (TPSA) is 46.5 Å². The molecule has 0 aromatic heterocycles. The van der Waals surface area contributed by atoms with Crippen molar-refractivity contribution in [3.05, 3.63) is 23.8 Å². The van der Waals surface area contributed by atoms with E-state index >= 15 is 0 Å². The summed E-state index contributed by atoms with van der Waals surface area (Å²) < 4.78 is 5.42. The molecule has 1 rings (SSSR count). The minimum absolute atomic E-state index is 0.00463. The lowest BCUT2D eigenvalue weighted by Gasteiger charge is -2.36. The van der Waals surface area contributed by atoms with Crippen LogP contribution in [-0.4, -0.2) is 24.3 Å². The second kappa shape index (κ2) is 5.30. The molecule has 1 N–H and O–H groups in total. The van der Waals surface area contributed by atoms with E-state index in [2.05, 4.69) is 12.7 Å². The molecule has 0 saturated heterocycles. The molecule has 0 aliphatic heterocycles. The number of allylic oxidation sites excluding steroid dienone is 2. The molecule has 0 radical (unpaired) electrons. The van der Waals surface area contributed by atoms with E-state index in [0.717, 1.165) is 17.6 Å². The van der Waals surface area contributed by atoms with Crippen LogP contribution in [0.4, 0.5) is 0 Å². The molecule has 3 atom stereocenters. The Morgan fingerprint density at radius 1 is 1.69 bits per heavy atom. The van der Waals surface area contributed by atoms with Crippen molar-refractivity contribution in [3.8, 4) is 0 Å². The van der Waals surface area contributed by atoms with E-state index in [1.54, 1.807) is 7.11 Å². The van der Waals surface area contributed by atoms with E-state index in [4.69, 9.17) is 9.84 Å². The summed E-state index contributed by atoms with van der Waals surface area (Å²) >= 11 is 0. The van der Waals surface area contributed by atoms with Gasteiger partial charge in [0.05, 0.1) is 12.5 Å². The van der Waals surface area contributed by atoms with Gasteiger partial charge < -0.3 is 9.84 Å². The molecular formula is C13H20O3. The summed E-state index contributed by atoms with van der Waals surface area (Å²) in [5.74, 6) is -0.553. The molecule has 0 aromatic rings. The van der Waals surface area contributed by atoms with Crippen LogP contribution in [0.1, 0.15) is 26.7 Å². The van der Waals surface area contributed by atoms with Crippen LogP contribution in [0.3, 0.4) is 0 Å². The number of methoxy groups -OCH3 is 1. The lowest BCUT2D eigenvalue weighted by atomic mass is 9.73. The summed E-state index contributed by atoms with van der Waals surface area (Å²) in [6, 6.07) is 0. The summed E-state index contributed by atoms with van der Waals surface area (Å²) in [5, 5.41) is 8.96. The maximum atomic E-state index is 10.9. The summed E-state index contributed by atoms with van der Waals surface area (Å²) in [5.41, 5.74) is 2.17. The van der Waals surface area contributed by atoms with E-state index in [0.29, 0.717) is 0 Å². The van der Waals surface area contributed by atoms with Crippen LogP contribution in [-0.2, 0) is 9.53 Å². The number of carboxylic acid groups (broad SMARTS) is 1. The first kappa shape index (κ1) is 13.0. The SMILES string of the molecule is C=C(C)[C@@H]1CC=C(C)[C@H](OC)[C@H]1CC(=O)O. The summed E-state index contributed by atoms with van der Waals surface area (Å²) in [4.78, 5) is 10.9. The normalized spacial score (nSPS) is 29.7. The quantitative estimate of drug-likeness (QED) is 0.747. The monoisotopic (exact) mass is 224 g/mol. The number of rotatable bonds is 4. The van der Waals surface area contributed by atoms with E-state index in [-0.39, 0.29) is 24.4 Å². The average Bonchev–Trinajstić information content (AvgIpc) is 2.16. The molecule has 0 heterocycles. The highest BCUT2D eigenvalue weighted by Gasteiger charge is 2.35. The highest BCUT2D eigenvalue weighted by atomic mass is 16.5. The summed E-state index contributed by atoms with van der Waals surface area (Å²) in [6.45, 7) is 7.91. The Bertz CT molecular complexity index is 315. The summed E-state index contributed by atoms with van der Waals surface area (Å²) in [6.07, 6.45) is 3.05. The molecule has 0 saturated carbocycles. The van der Waals surface area contributed by atoms with Gasteiger partial charge in [-0.1, -0.05) is 18.2 Å². The van der Waals surface area contributed by atoms with Gasteiger partial charge in [0.25, 0.3) is 0 Å². The molecule has 0 aromatic carbocycles. The smallest absolute Gasteiger partial charge is 0.303 e. The van der Waals surface area contributed by atoms with Crippen molar-refractivity contribution < 1.29 is 14.6 Å². The maximum Gasteiger partial charge on any atom is 0.303 e. The van der Waals surface area contributed by atoms with Crippen LogP contribution in [0.2, 0.25) is 0 Å². The van der Waals surface area contributed by atoms with Crippen molar-refractivity contribution >= 4 is 5.97 Å². The number of carboxylic acids is 1. The minimum Gasteiger partial charge on any atom is -0.481 e. The van der Waals surface area contributed by atoms with Gasteiger partial charge >= 0.3 is 5.97 Å². The van der Waals surface area contributed by atoms with Crippen molar-refractivity contribution in [2.24, 2.45) is 11.8 Å². The molecule has 0 bridgehead atoms. The van der Waals surface area contributed by atoms with E-state index in [1.165, 1.54) is 0 Å². The zero-order chi connectivity index (χ0) is 12.3. The molecule has 3 heteroatoms. The maximum absolute atomic E-state index is 10.9. The van der Waals surface area contributed by atoms with Gasteiger partial charge in [-0.25, -0.2) is 0 Å². The molecule has 0 fully saturated rings. The highest BCUT2D eigenvalue weighted by Crippen LogP contribution is 2.37. The average molecular weight is 224 g/mol. The fourth-order valence-electron chi connectivity index (χ4n) is 2.53. The molecule has 0 amide bonds. The second-order valence-corrected chi connectivity index (χ2v) is 4.55. The van der Waals surface area contributed by atoms with Crippen LogP contribution in [0.15, 0.2) is 23.8 Å². The lowest BCUT2D eigenvalue weighted by Crippen LogP contribution is -2.35. The third-order valence-corrected chi connectivity index (χ3v) is 3.35. The van der Waals surface area contributed by atoms with Crippen molar-refractivity contribution in [1.29, 1.82) is 0 Å². The highest BCUT2D eigenvalue weighted by molar-refractivity contribution is 5.67. The number of hydrogen-bond acceptors (Lipinski definition) is 2. The van der Waals surface area contributed by atoms with Crippen LogP contribution in [0.25, 0.3) is 0 Å². The van der Waals surface area contributed by atoms with E-state index < -0.39 is 5.97 Å². The number of hydrogen-bond donors (Lipinski definition) is 1. The van der Waals surface area contributed by atoms with Crippen molar-refractivity contribution in [1.82, 2.24) is 0 Å². The third-order valence-electron chi connectivity index (χ3n) is 3.35. The van der Waals surface area contributed by atoms with Gasteiger partial charge in [-0.15, -0.1) is 0 Å². The van der Waals surface area contributed by atoms with Crippen LogP contribution in [0.5, 0.6) is 0 Å². The minimum atomic E-state index is -0.770. The van der Waals surface area contributed by atoms with Gasteiger partial charge in [-0.05, 0) is 31.8 Å². The van der Waals surface area contributed by atoms with Gasteiger partial charge in [0.15, 0.2) is 0 Å². The number of aliphatic carboxylic acids is 1. The Kier molecular flexibility index (Phi) is 4.30. The zero-order valence-electron chi connectivity index (χ0n) is 10.2. The first-order valence-electron chi connectivity index (χ1n) is 5.54. The molecule has 0 spiro atoms. The third kappa shape index (κ3) is 2.73. The van der Waals surface area contributed by atoms with Crippen LogP contribution in [0, 0.1) is 11.8 Å². The Balaban J connectivity index is 2.95. The van der Waals surface area contributed by atoms with Gasteiger partial charge in [-0.2, -0.15) is 0 Å². The standard InChI is InChI=1S/C13H20O3/c1-8(2)10-6-5-9(3)13(16-4)11(10)7-12(14)15/h5,10-11,13H,1,6-7H2,2-4H3,(H,14,15)/t10-,11-,13-/m0/s1. The van der Waals surface area contributed by atoms with Crippen molar-refractivity contribution in [2.75, 3.05) is 7.11 Å². The number of ether oxygens (including phenoxy) is 1. The molecule has 1 aliphatic carbocycles. The molecule has 16 heavy (non-hydrogen) atoms. The van der Waals surface area contributed by atoms with Crippen LogP contribution >= 0.6 is 0 Å². The molecular weight excluding hydrogens is 204 g/mol. The van der Waals surface area contributed by atoms with Gasteiger partial charge in [0.2, 0.25) is 0 Å². The van der Waals surface area contributed by atoms with E-state index in [1.807, 2.05) is 13.8 Å². The predicted octanol–water partition coefficient (Wildman–Crippen LogP) is 2.63. The van der Waals surface area contributed by atoms with Gasteiger partial charge in [-0.3, -0.25) is 4.79 Å². The van der Waals surface area contributed by atoms with Gasteiger partial charge in [0, 0.05) is 13.0 Å². The first-order chi connectivity index (χ1) is 7.47. The van der Waals surface area contributed by atoms with Gasteiger partial charge in [0.1, 0.15) is 0 Å². The largest absolute Gasteiger partial charge is 0.481 e. The fourth-order valence-corrected chi connectivity index (χ4v) is 2.53. The first-order valence-corrected chi connectivity index (χ1v) is 5.54. The lowest BCUT2D eigenvalue weighted by molar-refractivity contribution is -0.139. The summed E-state index contributed by atoms with van der Waals surface area (Å²) in [7, 11) is 1.64. The number of carbonyl (C=O) groups is 1. The Morgan fingerprint density at radius 3 is 2.75 bits per heavy atom. The fraction of sp³-hybridized carbons (Fsp3) is 0.615. The molecule has 90 valence electrons. The van der Waals surface area contributed by atoms with E-state index in [9.17, 15) is 4.79 Å². The molecule has 3 nitrogen and oxygen atoms in total. The van der Waals surface area contributed by atoms with Crippen LogP contribution < -0.4 is 0 Å². The predicted molar refractivity (Wildman–Crippen MR) is 63.2 cm³/mol. The Morgan fingerprint density at radius 2 is 2.31 bits per heavy atom. The Labute approximate surface area is 96.8 Å². The second-order valence-electron chi connectivity index (χ2n) is 4.55. The molecule has 1 aliphatic rings. The van der Waals surface area contributed by atoms with Crippen molar-refractivity contribution in [2.45, 2.75) is 32.8 Å². The molecule has 0 unspecified atom stereocenters.